The summed E-state index contributed by atoms with van der Waals surface area (Å²) in [7, 11) is 1.66. The van der Waals surface area contributed by atoms with Crippen LogP contribution in [0.3, 0.4) is 0 Å². The van der Waals surface area contributed by atoms with Gasteiger partial charge in [0.2, 0.25) is 0 Å². The Balaban J connectivity index is 3.14. The molecule has 0 aliphatic carbocycles. The molecule has 0 fully saturated rings. The lowest BCUT2D eigenvalue weighted by Crippen LogP contribution is -2.40. The molecule has 0 aliphatic heterocycles. The van der Waals surface area contributed by atoms with Crippen LogP contribution in [0.15, 0.2) is 0 Å². The van der Waals surface area contributed by atoms with Gasteiger partial charge in [-0.15, -0.1) is 0 Å². The first-order valence-electron chi connectivity index (χ1n) is 2.29. The summed E-state index contributed by atoms with van der Waals surface area (Å²) in [4.78, 5) is 0. The summed E-state index contributed by atoms with van der Waals surface area (Å²) in [6.07, 6.45) is -0.569. The van der Waals surface area contributed by atoms with Crippen LogP contribution in [0.4, 0.5) is 0 Å². The zero-order valence-corrected chi connectivity index (χ0v) is 4.68. The fraction of sp³-hybridized carbons (Fsp3) is 1.00. The second-order valence-electron chi connectivity index (χ2n) is 1.59. The first kappa shape index (κ1) is 6.88. The van der Waals surface area contributed by atoms with Crippen LogP contribution in [0.5, 0.6) is 0 Å². The van der Waals surface area contributed by atoms with Crippen LogP contribution in [0.2, 0.25) is 0 Å². The molecule has 0 aromatic heterocycles. The van der Waals surface area contributed by atoms with Crippen LogP contribution in [-0.4, -0.2) is 24.4 Å². The largest absolute Gasteiger partial charge is 0.377 e. The zero-order valence-electron chi connectivity index (χ0n) is 4.68. The van der Waals surface area contributed by atoms with Gasteiger partial charge in [-0.3, -0.25) is 5.32 Å². The van der Waals surface area contributed by atoms with Gasteiger partial charge in [0.05, 0.1) is 0 Å². The second-order valence-corrected chi connectivity index (χ2v) is 1.59. The van der Waals surface area contributed by atoms with Crippen LogP contribution in [0.1, 0.15) is 6.92 Å². The molecule has 1 unspecified atom stereocenters. The molecule has 0 heterocycles. The van der Waals surface area contributed by atoms with Crippen molar-refractivity contribution in [3.63, 3.8) is 0 Å². The third kappa shape index (κ3) is 2.56. The van der Waals surface area contributed by atoms with Gasteiger partial charge in [-0.2, -0.15) is 0 Å². The standard InChI is InChI=1S/C4H12N2O/c1-3(5)4(7)6-2/h3-4,6-7H,5H2,1-2H3/t3-,4?/m0/s1. The van der Waals surface area contributed by atoms with Crippen LogP contribution < -0.4 is 11.1 Å². The van der Waals surface area contributed by atoms with E-state index in [1.807, 2.05) is 0 Å². The summed E-state index contributed by atoms with van der Waals surface area (Å²) in [6.45, 7) is 1.74. The van der Waals surface area contributed by atoms with Crippen molar-refractivity contribution in [1.29, 1.82) is 0 Å². The first-order valence-corrected chi connectivity index (χ1v) is 2.29. The highest BCUT2D eigenvalue weighted by atomic mass is 16.3. The molecule has 0 aliphatic rings. The van der Waals surface area contributed by atoms with Gasteiger partial charge in [-0.05, 0) is 14.0 Å². The third-order valence-corrected chi connectivity index (χ3v) is 0.794. The Bertz CT molecular complexity index is 47.0. The molecule has 0 saturated heterocycles. The molecule has 0 saturated carbocycles. The number of hydrogen-bond acceptors (Lipinski definition) is 3. The van der Waals surface area contributed by atoms with E-state index < -0.39 is 6.23 Å². The summed E-state index contributed by atoms with van der Waals surface area (Å²) >= 11 is 0. The maximum absolute atomic E-state index is 8.70. The van der Waals surface area contributed by atoms with Gasteiger partial charge in [0.1, 0.15) is 6.23 Å². The molecule has 0 radical (unpaired) electrons. The Morgan fingerprint density at radius 3 is 2.14 bits per heavy atom. The summed E-state index contributed by atoms with van der Waals surface area (Å²) in [6, 6.07) is -0.190. The lowest BCUT2D eigenvalue weighted by molar-refractivity contribution is 0.124. The first-order chi connectivity index (χ1) is 3.18. The smallest absolute Gasteiger partial charge is 0.119 e. The predicted octanol–water partition coefficient (Wildman–Crippen LogP) is -1.13. The molecule has 7 heavy (non-hydrogen) atoms. The number of nitrogens with two attached hydrogens (primary N) is 1. The Kier molecular flexibility index (Phi) is 2.91. The topological polar surface area (TPSA) is 58.3 Å². The molecular formula is C4H12N2O. The zero-order chi connectivity index (χ0) is 5.86. The Morgan fingerprint density at radius 1 is 1.71 bits per heavy atom. The monoisotopic (exact) mass is 104 g/mol. The van der Waals surface area contributed by atoms with Crippen molar-refractivity contribution >= 4 is 0 Å². The quantitative estimate of drug-likeness (QED) is 0.389. The van der Waals surface area contributed by atoms with Crippen molar-refractivity contribution in [1.82, 2.24) is 5.32 Å². The minimum atomic E-state index is -0.569. The number of hydrogen-bond donors (Lipinski definition) is 3. The highest BCUT2D eigenvalue weighted by Crippen LogP contribution is 1.78. The number of aliphatic hydroxyl groups excluding tert-OH is 1. The Hall–Kier alpha value is -0.120. The summed E-state index contributed by atoms with van der Waals surface area (Å²) < 4.78 is 0. The van der Waals surface area contributed by atoms with E-state index in [0.29, 0.717) is 0 Å². The van der Waals surface area contributed by atoms with E-state index in [1.54, 1.807) is 14.0 Å². The number of aliphatic hydroxyl groups is 1. The Labute approximate surface area is 43.5 Å². The van der Waals surface area contributed by atoms with Crippen molar-refractivity contribution in [3.05, 3.63) is 0 Å². The molecule has 0 amide bonds. The fourth-order valence-electron chi connectivity index (χ4n) is 0.263. The van der Waals surface area contributed by atoms with E-state index in [-0.39, 0.29) is 6.04 Å². The van der Waals surface area contributed by atoms with Crippen molar-refractivity contribution in [2.24, 2.45) is 5.73 Å². The SMILES string of the molecule is CNC(O)[C@H](C)N. The van der Waals surface area contributed by atoms with Gasteiger partial charge >= 0.3 is 0 Å². The third-order valence-electron chi connectivity index (χ3n) is 0.794. The average Bonchev–Trinajstić information content (AvgIpc) is 1.65. The lowest BCUT2D eigenvalue weighted by Gasteiger charge is -2.11. The molecule has 0 bridgehead atoms. The van der Waals surface area contributed by atoms with Crippen molar-refractivity contribution in [3.8, 4) is 0 Å². The van der Waals surface area contributed by atoms with Gasteiger partial charge in [-0.1, -0.05) is 0 Å². The molecule has 2 atom stereocenters. The average molecular weight is 104 g/mol. The molecule has 3 heteroatoms. The number of rotatable bonds is 2. The minimum Gasteiger partial charge on any atom is -0.377 e. The fourth-order valence-corrected chi connectivity index (χ4v) is 0.263. The molecule has 0 rings (SSSR count). The van der Waals surface area contributed by atoms with E-state index in [2.05, 4.69) is 5.32 Å². The van der Waals surface area contributed by atoms with E-state index in [1.165, 1.54) is 0 Å². The molecule has 44 valence electrons. The highest BCUT2D eigenvalue weighted by Gasteiger charge is 2.02. The van der Waals surface area contributed by atoms with E-state index in [0.717, 1.165) is 0 Å². The second kappa shape index (κ2) is 2.96. The van der Waals surface area contributed by atoms with E-state index in [9.17, 15) is 0 Å². The van der Waals surface area contributed by atoms with Gasteiger partial charge in [-0.25, -0.2) is 0 Å². The molecule has 0 aromatic rings. The molecule has 3 nitrogen and oxygen atoms in total. The van der Waals surface area contributed by atoms with Crippen molar-refractivity contribution in [2.75, 3.05) is 7.05 Å². The van der Waals surface area contributed by atoms with Crippen LogP contribution in [0, 0.1) is 0 Å². The Morgan fingerprint density at radius 2 is 2.14 bits per heavy atom. The van der Waals surface area contributed by atoms with E-state index in [4.69, 9.17) is 10.8 Å². The van der Waals surface area contributed by atoms with Crippen LogP contribution in [-0.2, 0) is 0 Å². The lowest BCUT2D eigenvalue weighted by atomic mass is 10.3. The van der Waals surface area contributed by atoms with Gasteiger partial charge in [0.15, 0.2) is 0 Å². The van der Waals surface area contributed by atoms with Gasteiger partial charge in [0.25, 0.3) is 0 Å². The van der Waals surface area contributed by atoms with Gasteiger partial charge in [0, 0.05) is 6.04 Å². The van der Waals surface area contributed by atoms with Crippen molar-refractivity contribution < 1.29 is 5.11 Å². The summed E-state index contributed by atoms with van der Waals surface area (Å²) in [5.41, 5.74) is 5.23. The van der Waals surface area contributed by atoms with Gasteiger partial charge < -0.3 is 10.8 Å². The summed E-state index contributed by atoms with van der Waals surface area (Å²) in [5, 5.41) is 11.3. The normalized spacial score (nSPS) is 18.9. The molecule has 4 N–H and O–H groups in total. The maximum Gasteiger partial charge on any atom is 0.119 e. The number of nitrogens with one attached hydrogen (secondary N) is 1. The summed E-state index contributed by atoms with van der Waals surface area (Å²) in [5.74, 6) is 0. The van der Waals surface area contributed by atoms with Crippen LogP contribution >= 0.6 is 0 Å². The van der Waals surface area contributed by atoms with Crippen molar-refractivity contribution in [2.45, 2.75) is 19.2 Å². The highest BCUT2D eigenvalue weighted by molar-refractivity contribution is 4.59. The minimum absolute atomic E-state index is 0.190. The molecule has 0 aromatic carbocycles. The molecular weight excluding hydrogens is 92.1 g/mol. The molecule has 0 spiro atoms. The maximum atomic E-state index is 8.70. The van der Waals surface area contributed by atoms with Crippen LogP contribution in [0.25, 0.3) is 0 Å². The van der Waals surface area contributed by atoms with E-state index >= 15 is 0 Å². The number of likely N-dealkylation sites (N-methyl/N-ethyl adjacent to an activating group) is 1. The predicted molar refractivity (Wildman–Crippen MR) is 28.7 cm³/mol.